The Balaban J connectivity index is 1.86. The molecule has 23 heavy (non-hydrogen) atoms. The molecule has 0 atom stereocenters. The second-order valence-corrected chi connectivity index (χ2v) is 6.05. The van der Waals surface area contributed by atoms with Gasteiger partial charge in [0.05, 0.1) is 12.1 Å². The largest absolute Gasteiger partial charge is 0.356 e. The first-order chi connectivity index (χ1) is 11.1. The number of hydrogen-bond donors (Lipinski definition) is 3. The van der Waals surface area contributed by atoms with E-state index in [1.54, 1.807) is 29.6 Å². The van der Waals surface area contributed by atoms with E-state index in [1.807, 2.05) is 6.92 Å². The minimum absolute atomic E-state index is 0.0768. The van der Waals surface area contributed by atoms with E-state index in [4.69, 9.17) is 11.6 Å². The van der Waals surface area contributed by atoms with Crippen molar-refractivity contribution in [2.75, 3.05) is 17.2 Å². The van der Waals surface area contributed by atoms with E-state index in [-0.39, 0.29) is 12.3 Å². The third-order valence-corrected chi connectivity index (χ3v) is 3.81. The Labute approximate surface area is 143 Å². The van der Waals surface area contributed by atoms with Crippen LogP contribution in [0, 0.1) is 0 Å². The molecule has 8 heteroatoms. The summed E-state index contributed by atoms with van der Waals surface area (Å²) in [7, 11) is 0. The van der Waals surface area contributed by atoms with Gasteiger partial charge < -0.3 is 10.6 Å². The molecular weight excluding hydrogens is 336 g/mol. The van der Waals surface area contributed by atoms with Gasteiger partial charge >= 0.3 is 6.03 Å². The lowest BCUT2D eigenvalue weighted by Crippen LogP contribution is -2.25. The van der Waals surface area contributed by atoms with Gasteiger partial charge in [-0.3, -0.25) is 10.1 Å². The number of amides is 3. The molecule has 0 spiro atoms. The number of aromatic nitrogens is 1. The molecule has 0 fully saturated rings. The summed E-state index contributed by atoms with van der Waals surface area (Å²) in [6, 6.07) is 6.43. The molecule has 0 aliphatic carbocycles. The molecule has 1 aromatic carbocycles. The topological polar surface area (TPSA) is 83.1 Å². The summed E-state index contributed by atoms with van der Waals surface area (Å²) in [6.45, 7) is 2.64. The van der Waals surface area contributed by atoms with Gasteiger partial charge in [-0.1, -0.05) is 24.6 Å². The van der Waals surface area contributed by atoms with Crippen LogP contribution in [0.3, 0.4) is 0 Å². The Morgan fingerprint density at radius 1 is 1.30 bits per heavy atom. The van der Waals surface area contributed by atoms with E-state index in [0.717, 1.165) is 6.42 Å². The molecule has 0 saturated carbocycles. The van der Waals surface area contributed by atoms with Crippen LogP contribution in [0.5, 0.6) is 0 Å². The van der Waals surface area contributed by atoms with Crippen molar-refractivity contribution in [1.82, 2.24) is 10.3 Å². The van der Waals surface area contributed by atoms with Crippen LogP contribution < -0.4 is 16.0 Å². The number of rotatable bonds is 6. The van der Waals surface area contributed by atoms with Gasteiger partial charge in [-0.2, -0.15) is 0 Å². The lowest BCUT2D eigenvalue weighted by Gasteiger charge is -2.05. The number of halogens is 1. The first kappa shape index (κ1) is 17.2. The van der Waals surface area contributed by atoms with E-state index >= 15 is 0 Å². The molecule has 1 heterocycles. The molecule has 3 amide bonds. The minimum Gasteiger partial charge on any atom is -0.356 e. The number of nitrogens with one attached hydrogen (secondary N) is 3. The summed E-state index contributed by atoms with van der Waals surface area (Å²) < 4.78 is 0. The number of nitrogens with zero attached hydrogens (tertiary/aromatic N) is 1. The van der Waals surface area contributed by atoms with Crippen molar-refractivity contribution in [3.63, 3.8) is 0 Å². The highest BCUT2D eigenvalue weighted by Crippen LogP contribution is 2.18. The lowest BCUT2D eigenvalue weighted by atomic mass is 10.3. The zero-order valence-corrected chi connectivity index (χ0v) is 14.1. The molecule has 3 N–H and O–H groups in total. The fourth-order valence-electron chi connectivity index (χ4n) is 1.76. The van der Waals surface area contributed by atoms with Crippen molar-refractivity contribution >= 4 is 45.7 Å². The van der Waals surface area contributed by atoms with Crippen molar-refractivity contribution in [1.29, 1.82) is 0 Å². The van der Waals surface area contributed by atoms with Crippen LogP contribution in [0.4, 0.5) is 15.6 Å². The smallest absolute Gasteiger partial charge is 0.325 e. The average Bonchev–Trinajstić information content (AvgIpc) is 2.91. The summed E-state index contributed by atoms with van der Waals surface area (Å²) >= 11 is 7.12. The Morgan fingerprint density at radius 3 is 2.87 bits per heavy atom. The standard InChI is InChI=1S/C15H17ClN4O2S/c1-2-6-17-13(21)8-12-9-23-15(19-12)20-14(22)18-11-5-3-4-10(16)7-11/h3-5,7,9H,2,6,8H2,1H3,(H,17,21)(H2,18,19,20,22). The SMILES string of the molecule is CCCNC(=O)Cc1csc(NC(=O)Nc2cccc(Cl)c2)n1. The Kier molecular flexibility index (Phi) is 6.37. The molecule has 0 bridgehead atoms. The average molecular weight is 353 g/mol. The number of carbonyl (C=O) groups excluding carboxylic acids is 2. The fourth-order valence-corrected chi connectivity index (χ4v) is 2.66. The molecule has 0 radical (unpaired) electrons. The summed E-state index contributed by atoms with van der Waals surface area (Å²) in [5.41, 5.74) is 1.22. The van der Waals surface area contributed by atoms with Crippen molar-refractivity contribution in [2.45, 2.75) is 19.8 Å². The number of hydrogen-bond acceptors (Lipinski definition) is 4. The highest BCUT2D eigenvalue weighted by Gasteiger charge is 2.09. The number of urea groups is 1. The number of thiazole rings is 1. The van der Waals surface area contributed by atoms with Gasteiger partial charge in [0, 0.05) is 22.6 Å². The third-order valence-electron chi connectivity index (χ3n) is 2.77. The third kappa shape index (κ3) is 5.88. The molecule has 0 aliphatic rings. The maximum absolute atomic E-state index is 11.9. The first-order valence-electron chi connectivity index (χ1n) is 7.11. The minimum atomic E-state index is -0.413. The van der Waals surface area contributed by atoms with Crippen LogP contribution in [0.25, 0.3) is 0 Å². The Bertz CT molecular complexity index is 690. The second kappa shape index (κ2) is 8.50. The van der Waals surface area contributed by atoms with Crippen LogP contribution >= 0.6 is 22.9 Å². The monoisotopic (exact) mass is 352 g/mol. The summed E-state index contributed by atoms with van der Waals surface area (Å²) in [6.07, 6.45) is 1.09. The molecule has 0 unspecified atom stereocenters. The van der Waals surface area contributed by atoms with Gasteiger partial charge in [0.25, 0.3) is 0 Å². The molecule has 1 aromatic heterocycles. The fraction of sp³-hybridized carbons (Fsp3) is 0.267. The Hall–Kier alpha value is -2.12. The molecule has 2 aromatic rings. The van der Waals surface area contributed by atoms with E-state index in [0.29, 0.717) is 28.1 Å². The van der Waals surface area contributed by atoms with Gasteiger partial charge in [-0.15, -0.1) is 11.3 Å². The predicted molar refractivity (Wildman–Crippen MR) is 93.2 cm³/mol. The zero-order valence-electron chi connectivity index (χ0n) is 12.6. The number of anilines is 2. The van der Waals surface area contributed by atoms with Gasteiger partial charge in [0.2, 0.25) is 5.91 Å². The van der Waals surface area contributed by atoms with Crippen LogP contribution in [0.2, 0.25) is 5.02 Å². The zero-order chi connectivity index (χ0) is 16.7. The number of benzene rings is 1. The number of carbonyl (C=O) groups is 2. The van der Waals surface area contributed by atoms with Crippen LogP contribution in [-0.2, 0) is 11.2 Å². The van der Waals surface area contributed by atoms with E-state index in [1.165, 1.54) is 11.3 Å². The molecule has 0 aliphatic heterocycles. The van der Waals surface area contributed by atoms with Crippen molar-refractivity contribution in [2.24, 2.45) is 0 Å². The van der Waals surface area contributed by atoms with Gasteiger partial charge in [-0.05, 0) is 24.6 Å². The van der Waals surface area contributed by atoms with Crippen molar-refractivity contribution < 1.29 is 9.59 Å². The van der Waals surface area contributed by atoms with Gasteiger partial charge in [-0.25, -0.2) is 9.78 Å². The second-order valence-electron chi connectivity index (χ2n) is 4.76. The van der Waals surface area contributed by atoms with Crippen LogP contribution in [-0.4, -0.2) is 23.5 Å². The highest BCUT2D eigenvalue weighted by molar-refractivity contribution is 7.14. The lowest BCUT2D eigenvalue weighted by molar-refractivity contribution is -0.120. The van der Waals surface area contributed by atoms with Crippen LogP contribution in [0.15, 0.2) is 29.6 Å². The van der Waals surface area contributed by atoms with Crippen LogP contribution in [0.1, 0.15) is 19.0 Å². The molecular formula is C15H17ClN4O2S. The maximum atomic E-state index is 11.9. The quantitative estimate of drug-likeness (QED) is 0.743. The molecule has 0 saturated heterocycles. The summed E-state index contributed by atoms with van der Waals surface area (Å²) in [5.74, 6) is -0.0768. The van der Waals surface area contributed by atoms with E-state index in [2.05, 4.69) is 20.9 Å². The normalized spacial score (nSPS) is 10.2. The summed E-state index contributed by atoms with van der Waals surface area (Å²) in [5, 5.41) is 10.8. The first-order valence-corrected chi connectivity index (χ1v) is 8.37. The highest BCUT2D eigenvalue weighted by atomic mass is 35.5. The van der Waals surface area contributed by atoms with Crippen molar-refractivity contribution in [3.8, 4) is 0 Å². The molecule has 6 nitrogen and oxygen atoms in total. The molecule has 2 rings (SSSR count). The van der Waals surface area contributed by atoms with E-state index in [9.17, 15) is 9.59 Å². The van der Waals surface area contributed by atoms with E-state index < -0.39 is 6.03 Å². The summed E-state index contributed by atoms with van der Waals surface area (Å²) in [4.78, 5) is 27.7. The van der Waals surface area contributed by atoms with Gasteiger partial charge in [0.1, 0.15) is 0 Å². The van der Waals surface area contributed by atoms with Crippen molar-refractivity contribution in [3.05, 3.63) is 40.4 Å². The predicted octanol–water partition coefficient (Wildman–Crippen LogP) is 3.51. The maximum Gasteiger partial charge on any atom is 0.325 e. The molecule has 122 valence electrons. The Morgan fingerprint density at radius 2 is 2.13 bits per heavy atom. The van der Waals surface area contributed by atoms with Gasteiger partial charge in [0.15, 0.2) is 5.13 Å².